The van der Waals surface area contributed by atoms with E-state index in [0.717, 1.165) is 27.2 Å². The van der Waals surface area contributed by atoms with Gasteiger partial charge in [0, 0.05) is 34.6 Å². The lowest BCUT2D eigenvalue weighted by atomic mass is 10.0. The lowest BCUT2D eigenvalue weighted by Gasteiger charge is -2.32. The first-order valence-electron chi connectivity index (χ1n) is 13.1. The Morgan fingerprint density at radius 1 is 0.925 bits per heavy atom. The van der Waals surface area contributed by atoms with Gasteiger partial charge in [-0.2, -0.15) is 0 Å². The molecule has 0 aliphatic carbocycles. The first kappa shape index (κ1) is 29.9. The van der Waals surface area contributed by atoms with E-state index < -0.39 is 6.04 Å². The zero-order chi connectivity index (χ0) is 28.6. The van der Waals surface area contributed by atoms with Crippen LogP contribution in [0.15, 0.2) is 89.4 Å². The molecule has 0 aromatic heterocycles. The molecule has 4 rings (SSSR count). The third kappa shape index (κ3) is 7.36. The van der Waals surface area contributed by atoms with Gasteiger partial charge in [0.2, 0.25) is 5.91 Å². The van der Waals surface area contributed by atoms with Gasteiger partial charge >= 0.3 is 0 Å². The summed E-state index contributed by atoms with van der Waals surface area (Å²) in [7, 11) is 0. The largest absolute Gasteiger partial charge is 0.483 e. The van der Waals surface area contributed by atoms with Crippen molar-refractivity contribution in [2.75, 3.05) is 6.61 Å². The number of fused-ring (bicyclic) bond motifs is 1. The average Bonchev–Trinajstić information content (AvgIpc) is 2.96. The van der Waals surface area contributed by atoms with Gasteiger partial charge in [-0.15, -0.1) is 0 Å². The van der Waals surface area contributed by atoms with Crippen molar-refractivity contribution in [3.63, 3.8) is 0 Å². The standard InChI is InChI=1S/C32H31BrCl2N2O3/c1-3-21(2)36-32(39)28(18-22-10-5-4-6-11-22)37(19-25-26(34)14-9-15-27(25)35)30(38)20-40-29-17-16-23-12-7-8-13-24(23)31(29)33/h4-17,21,28H,3,18-20H2,1-2H3,(H,36,39). The van der Waals surface area contributed by atoms with Crippen molar-refractivity contribution in [3.05, 3.63) is 111 Å². The van der Waals surface area contributed by atoms with Crippen LogP contribution < -0.4 is 10.1 Å². The Morgan fingerprint density at radius 3 is 2.30 bits per heavy atom. The van der Waals surface area contributed by atoms with E-state index in [1.807, 2.05) is 80.6 Å². The van der Waals surface area contributed by atoms with Crippen molar-refractivity contribution >= 4 is 61.7 Å². The summed E-state index contributed by atoms with van der Waals surface area (Å²) in [6, 6.07) is 25.6. The summed E-state index contributed by atoms with van der Waals surface area (Å²) in [4.78, 5) is 29.1. The molecule has 0 aliphatic heterocycles. The lowest BCUT2D eigenvalue weighted by molar-refractivity contribution is -0.143. The monoisotopic (exact) mass is 640 g/mol. The summed E-state index contributed by atoms with van der Waals surface area (Å²) in [5.41, 5.74) is 1.49. The van der Waals surface area contributed by atoms with Gasteiger partial charge in [0.25, 0.3) is 5.91 Å². The van der Waals surface area contributed by atoms with E-state index in [2.05, 4.69) is 21.2 Å². The number of carbonyl (C=O) groups is 2. The highest BCUT2D eigenvalue weighted by Gasteiger charge is 2.32. The van der Waals surface area contributed by atoms with E-state index in [1.165, 1.54) is 4.90 Å². The Kier molecular flexibility index (Phi) is 10.5. The predicted molar refractivity (Wildman–Crippen MR) is 166 cm³/mol. The van der Waals surface area contributed by atoms with Crippen LogP contribution in [0, 0.1) is 0 Å². The van der Waals surface area contributed by atoms with E-state index >= 15 is 0 Å². The Morgan fingerprint density at radius 2 is 1.60 bits per heavy atom. The van der Waals surface area contributed by atoms with E-state index in [4.69, 9.17) is 27.9 Å². The Balaban J connectivity index is 1.68. The highest BCUT2D eigenvalue weighted by atomic mass is 79.9. The van der Waals surface area contributed by atoms with Gasteiger partial charge in [0.05, 0.1) is 4.47 Å². The Hall–Kier alpha value is -3.06. The molecule has 4 aromatic carbocycles. The van der Waals surface area contributed by atoms with E-state index in [-0.39, 0.29) is 31.0 Å². The van der Waals surface area contributed by atoms with Crippen LogP contribution in [-0.2, 0) is 22.6 Å². The molecule has 208 valence electrons. The zero-order valence-corrected chi connectivity index (χ0v) is 25.5. The van der Waals surface area contributed by atoms with Crippen LogP contribution >= 0.6 is 39.1 Å². The van der Waals surface area contributed by atoms with Crippen molar-refractivity contribution in [2.45, 2.75) is 45.3 Å². The lowest BCUT2D eigenvalue weighted by Crippen LogP contribution is -2.53. The molecule has 2 atom stereocenters. The fourth-order valence-electron chi connectivity index (χ4n) is 4.40. The van der Waals surface area contributed by atoms with Gasteiger partial charge in [-0.05, 0) is 63.8 Å². The number of hydrogen-bond donors (Lipinski definition) is 1. The molecule has 0 bridgehead atoms. The fourth-order valence-corrected chi connectivity index (χ4v) is 5.52. The van der Waals surface area contributed by atoms with Crippen molar-refractivity contribution in [1.82, 2.24) is 10.2 Å². The highest BCUT2D eigenvalue weighted by molar-refractivity contribution is 9.10. The highest BCUT2D eigenvalue weighted by Crippen LogP contribution is 2.33. The molecule has 1 N–H and O–H groups in total. The zero-order valence-electron chi connectivity index (χ0n) is 22.4. The Bertz CT molecular complexity index is 1460. The molecule has 0 heterocycles. The number of nitrogens with one attached hydrogen (secondary N) is 1. The number of rotatable bonds is 11. The average molecular weight is 642 g/mol. The molecule has 8 heteroatoms. The van der Waals surface area contributed by atoms with Crippen molar-refractivity contribution < 1.29 is 14.3 Å². The molecule has 0 fully saturated rings. The predicted octanol–water partition coefficient (Wildman–Crippen LogP) is 7.84. The number of hydrogen-bond acceptors (Lipinski definition) is 3. The molecule has 5 nitrogen and oxygen atoms in total. The van der Waals surface area contributed by atoms with Crippen molar-refractivity contribution in [1.29, 1.82) is 0 Å². The van der Waals surface area contributed by atoms with E-state index in [9.17, 15) is 9.59 Å². The van der Waals surface area contributed by atoms with Gasteiger partial charge in [0.15, 0.2) is 6.61 Å². The molecule has 0 saturated heterocycles. The number of nitrogens with zero attached hydrogens (tertiary/aromatic N) is 1. The maximum atomic E-state index is 13.9. The molecular formula is C32H31BrCl2N2O3. The third-order valence-electron chi connectivity index (χ3n) is 6.84. The molecular weight excluding hydrogens is 611 g/mol. The maximum Gasteiger partial charge on any atom is 0.261 e. The SMILES string of the molecule is CCC(C)NC(=O)C(Cc1ccccc1)N(Cc1c(Cl)cccc1Cl)C(=O)COc1ccc2ccccc2c1Br. The van der Waals surface area contributed by atoms with Crippen LogP contribution in [0.5, 0.6) is 5.75 Å². The summed E-state index contributed by atoms with van der Waals surface area (Å²) >= 11 is 16.7. The molecule has 0 aliphatic rings. The maximum absolute atomic E-state index is 13.9. The number of amides is 2. The second kappa shape index (κ2) is 14.0. The molecule has 2 amide bonds. The second-order valence-electron chi connectivity index (χ2n) is 9.63. The van der Waals surface area contributed by atoms with E-state index in [0.29, 0.717) is 27.8 Å². The van der Waals surface area contributed by atoms with Crippen LogP contribution in [0.3, 0.4) is 0 Å². The molecule has 0 saturated carbocycles. The molecule has 0 radical (unpaired) electrons. The van der Waals surface area contributed by atoms with Crippen molar-refractivity contribution in [2.24, 2.45) is 0 Å². The van der Waals surface area contributed by atoms with Crippen LogP contribution in [0.25, 0.3) is 10.8 Å². The summed E-state index contributed by atoms with van der Waals surface area (Å²) in [6.07, 6.45) is 1.07. The van der Waals surface area contributed by atoms with E-state index in [1.54, 1.807) is 18.2 Å². The number of carbonyl (C=O) groups excluding carboxylic acids is 2. The number of benzene rings is 4. The van der Waals surface area contributed by atoms with Crippen LogP contribution in [0.4, 0.5) is 0 Å². The summed E-state index contributed by atoms with van der Waals surface area (Å²) in [6.45, 7) is 3.71. The molecule has 4 aromatic rings. The second-order valence-corrected chi connectivity index (χ2v) is 11.2. The molecule has 40 heavy (non-hydrogen) atoms. The number of ether oxygens (including phenoxy) is 1. The first-order chi connectivity index (χ1) is 19.3. The minimum Gasteiger partial charge on any atom is -0.483 e. The Labute approximate surface area is 253 Å². The van der Waals surface area contributed by atoms with Gasteiger partial charge < -0.3 is 15.0 Å². The summed E-state index contributed by atoms with van der Waals surface area (Å²) in [5, 5.41) is 5.92. The molecule has 2 unspecified atom stereocenters. The minimum absolute atomic E-state index is 0.0466. The van der Waals surface area contributed by atoms with Crippen LogP contribution in [0.1, 0.15) is 31.4 Å². The topological polar surface area (TPSA) is 58.6 Å². The number of halogens is 3. The van der Waals surface area contributed by atoms with Gasteiger partial charge in [-0.1, -0.05) is 96.9 Å². The molecule has 0 spiro atoms. The fraction of sp³-hybridized carbons (Fsp3) is 0.250. The summed E-state index contributed by atoms with van der Waals surface area (Å²) < 4.78 is 6.79. The van der Waals surface area contributed by atoms with Crippen LogP contribution in [-0.4, -0.2) is 35.4 Å². The smallest absolute Gasteiger partial charge is 0.261 e. The summed E-state index contributed by atoms with van der Waals surface area (Å²) in [5.74, 6) is -0.0793. The minimum atomic E-state index is -0.820. The van der Waals surface area contributed by atoms with Gasteiger partial charge in [-0.25, -0.2) is 0 Å². The van der Waals surface area contributed by atoms with Gasteiger partial charge in [-0.3, -0.25) is 9.59 Å². The normalized spacial score (nSPS) is 12.5. The van der Waals surface area contributed by atoms with Gasteiger partial charge in [0.1, 0.15) is 11.8 Å². The first-order valence-corrected chi connectivity index (χ1v) is 14.7. The van der Waals surface area contributed by atoms with Crippen LogP contribution in [0.2, 0.25) is 10.0 Å². The third-order valence-corrected chi connectivity index (χ3v) is 8.37. The quantitative estimate of drug-likeness (QED) is 0.181. The van der Waals surface area contributed by atoms with Crippen molar-refractivity contribution in [3.8, 4) is 5.75 Å².